The lowest BCUT2D eigenvalue weighted by atomic mass is 9.91. The van der Waals surface area contributed by atoms with Crippen molar-refractivity contribution < 1.29 is 9.50 Å². The minimum absolute atomic E-state index is 0.259. The molecule has 1 N–H and O–H groups in total. The minimum atomic E-state index is -0.860. The average molecular weight is 248 g/mol. The zero-order valence-electron chi connectivity index (χ0n) is 10.6. The Hall–Kier alpha value is -1.68. The van der Waals surface area contributed by atoms with Gasteiger partial charge in [-0.3, -0.25) is 4.68 Å². The Morgan fingerprint density at radius 1 is 1.22 bits per heavy atom. The summed E-state index contributed by atoms with van der Waals surface area (Å²) in [6.07, 6.45) is 4.65. The highest BCUT2D eigenvalue weighted by atomic mass is 19.1. The lowest BCUT2D eigenvalue weighted by Crippen LogP contribution is -2.29. The van der Waals surface area contributed by atoms with Crippen molar-refractivity contribution in [3.63, 3.8) is 0 Å². The van der Waals surface area contributed by atoms with Crippen molar-refractivity contribution in [2.45, 2.75) is 25.4 Å². The van der Waals surface area contributed by atoms with Crippen LogP contribution < -0.4 is 0 Å². The number of aryl methyl sites for hydroxylation is 1. The molecule has 1 unspecified atom stereocenters. The van der Waals surface area contributed by atoms with Gasteiger partial charge < -0.3 is 5.11 Å². The van der Waals surface area contributed by atoms with Gasteiger partial charge in [0.25, 0.3) is 0 Å². The summed E-state index contributed by atoms with van der Waals surface area (Å²) in [5, 5.41) is 14.4. The second-order valence-electron chi connectivity index (χ2n) is 5.00. The Labute approximate surface area is 106 Å². The molecule has 0 aliphatic heterocycles. The van der Waals surface area contributed by atoms with E-state index in [0.717, 1.165) is 11.1 Å². The molecule has 18 heavy (non-hydrogen) atoms. The van der Waals surface area contributed by atoms with Gasteiger partial charge >= 0.3 is 0 Å². The van der Waals surface area contributed by atoms with E-state index in [9.17, 15) is 9.50 Å². The van der Waals surface area contributed by atoms with Crippen LogP contribution in [-0.4, -0.2) is 20.5 Å². The van der Waals surface area contributed by atoms with Crippen LogP contribution in [-0.2, 0) is 19.9 Å². The molecule has 1 aromatic heterocycles. The first-order chi connectivity index (χ1) is 8.44. The van der Waals surface area contributed by atoms with Crippen molar-refractivity contribution in [3.05, 3.63) is 53.6 Å². The van der Waals surface area contributed by atoms with Crippen molar-refractivity contribution in [3.8, 4) is 0 Å². The number of halogens is 1. The van der Waals surface area contributed by atoms with Gasteiger partial charge in [-0.15, -0.1) is 0 Å². The second kappa shape index (κ2) is 4.90. The average Bonchev–Trinajstić information content (AvgIpc) is 2.66. The predicted octanol–water partition coefficient (Wildman–Crippen LogP) is 2.10. The maximum Gasteiger partial charge on any atom is 0.123 e. The van der Waals surface area contributed by atoms with Crippen LogP contribution in [0.5, 0.6) is 0 Å². The number of nitrogens with zero attached hydrogens (tertiary/aromatic N) is 2. The summed E-state index contributed by atoms with van der Waals surface area (Å²) in [6.45, 7) is 1.78. The molecule has 0 aliphatic rings. The summed E-state index contributed by atoms with van der Waals surface area (Å²) in [6, 6.07) is 6.23. The third-order valence-electron chi connectivity index (χ3n) is 2.84. The quantitative estimate of drug-likeness (QED) is 0.899. The maximum absolute atomic E-state index is 12.8. The van der Waals surface area contributed by atoms with Crippen LogP contribution in [0.4, 0.5) is 4.39 Å². The predicted molar refractivity (Wildman–Crippen MR) is 67.6 cm³/mol. The molecule has 0 saturated carbocycles. The van der Waals surface area contributed by atoms with E-state index in [2.05, 4.69) is 5.10 Å². The molecule has 1 atom stereocenters. The molecule has 1 heterocycles. The molecule has 0 aliphatic carbocycles. The third kappa shape index (κ3) is 3.40. The van der Waals surface area contributed by atoms with Crippen LogP contribution in [0.25, 0.3) is 0 Å². The van der Waals surface area contributed by atoms with Gasteiger partial charge in [-0.2, -0.15) is 5.10 Å². The van der Waals surface area contributed by atoms with E-state index in [1.807, 2.05) is 13.2 Å². The third-order valence-corrected chi connectivity index (χ3v) is 2.84. The van der Waals surface area contributed by atoms with Crippen LogP contribution in [0.2, 0.25) is 0 Å². The van der Waals surface area contributed by atoms with E-state index in [1.54, 1.807) is 29.9 Å². The number of aromatic nitrogens is 2. The summed E-state index contributed by atoms with van der Waals surface area (Å²) in [5.74, 6) is -0.259. The fourth-order valence-corrected chi connectivity index (χ4v) is 2.11. The molecular formula is C14H17FN2O. The molecule has 0 radical (unpaired) electrons. The van der Waals surface area contributed by atoms with E-state index in [4.69, 9.17) is 0 Å². The number of benzene rings is 1. The van der Waals surface area contributed by atoms with Gasteiger partial charge in [0.2, 0.25) is 0 Å². The van der Waals surface area contributed by atoms with Crippen molar-refractivity contribution in [2.75, 3.05) is 0 Å². The molecular weight excluding hydrogens is 231 g/mol. The first kappa shape index (κ1) is 12.8. The van der Waals surface area contributed by atoms with Crippen molar-refractivity contribution in [1.29, 1.82) is 0 Å². The molecule has 0 spiro atoms. The standard InChI is InChI=1S/C14H17FN2O/c1-14(18,8-12-9-16-17(2)10-12)7-11-3-5-13(15)6-4-11/h3-6,9-10,18H,7-8H2,1-2H3. The Kier molecular flexibility index (Phi) is 3.48. The zero-order chi connectivity index (χ0) is 13.2. The normalized spacial score (nSPS) is 14.4. The van der Waals surface area contributed by atoms with E-state index < -0.39 is 5.60 Å². The van der Waals surface area contributed by atoms with Gasteiger partial charge in [0, 0.05) is 26.1 Å². The largest absolute Gasteiger partial charge is 0.389 e. The summed E-state index contributed by atoms with van der Waals surface area (Å²) < 4.78 is 14.5. The van der Waals surface area contributed by atoms with Crippen LogP contribution in [0, 0.1) is 5.82 Å². The molecule has 2 rings (SSSR count). The summed E-state index contributed by atoms with van der Waals surface area (Å²) in [7, 11) is 1.85. The number of hydrogen-bond donors (Lipinski definition) is 1. The highest BCUT2D eigenvalue weighted by molar-refractivity contribution is 5.19. The topological polar surface area (TPSA) is 38.0 Å². The molecule has 0 bridgehead atoms. The lowest BCUT2D eigenvalue weighted by Gasteiger charge is -2.22. The van der Waals surface area contributed by atoms with Gasteiger partial charge in [-0.1, -0.05) is 12.1 Å². The Bertz CT molecular complexity index is 517. The van der Waals surface area contributed by atoms with E-state index in [-0.39, 0.29) is 5.82 Å². The number of rotatable bonds is 4. The first-order valence-corrected chi connectivity index (χ1v) is 5.89. The smallest absolute Gasteiger partial charge is 0.123 e. The second-order valence-corrected chi connectivity index (χ2v) is 5.00. The summed E-state index contributed by atoms with van der Waals surface area (Å²) in [4.78, 5) is 0. The maximum atomic E-state index is 12.8. The summed E-state index contributed by atoms with van der Waals surface area (Å²) >= 11 is 0. The molecule has 3 nitrogen and oxygen atoms in total. The number of hydrogen-bond acceptors (Lipinski definition) is 2. The van der Waals surface area contributed by atoms with Crippen molar-refractivity contribution in [1.82, 2.24) is 9.78 Å². The molecule has 2 aromatic rings. The SMILES string of the molecule is Cn1cc(CC(C)(O)Cc2ccc(F)cc2)cn1. The van der Waals surface area contributed by atoms with Crippen LogP contribution in [0.15, 0.2) is 36.7 Å². The summed E-state index contributed by atoms with van der Waals surface area (Å²) in [5.41, 5.74) is 1.05. The Morgan fingerprint density at radius 3 is 2.39 bits per heavy atom. The minimum Gasteiger partial charge on any atom is -0.389 e. The molecule has 0 fully saturated rings. The molecule has 0 amide bonds. The van der Waals surface area contributed by atoms with Crippen LogP contribution >= 0.6 is 0 Å². The van der Waals surface area contributed by atoms with Crippen molar-refractivity contribution in [2.24, 2.45) is 7.05 Å². The van der Waals surface area contributed by atoms with Gasteiger partial charge in [0.05, 0.1) is 11.8 Å². The zero-order valence-corrected chi connectivity index (χ0v) is 10.6. The van der Waals surface area contributed by atoms with Crippen LogP contribution in [0.3, 0.4) is 0 Å². The fraction of sp³-hybridized carbons (Fsp3) is 0.357. The van der Waals surface area contributed by atoms with E-state index in [1.165, 1.54) is 12.1 Å². The van der Waals surface area contributed by atoms with Gasteiger partial charge in [0.1, 0.15) is 5.82 Å². The van der Waals surface area contributed by atoms with Gasteiger partial charge in [-0.25, -0.2) is 4.39 Å². The molecule has 0 saturated heterocycles. The van der Waals surface area contributed by atoms with Crippen molar-refractivity contribution >= 4 is 0 Å². The molecule has 96 valence electrons. The van der Waals surface area contributed by atoms with Crippen LogP contribution in [0.1, 0.15) is 18.1 Å². The van der Waals surface area contributed by atoms with E-state index >= 15 is 0 Å². The van der Waals surface area contributed by atoms with E-state index in [0.29, 0.717) is 12.8 Å². The highest BCUT2D eigenvalue weighted by Crippen LogP contribution is 2.18. The van der Waals surface area contributed by atoms with Gasteiger partial charge in [0.15, 0.2) is 0 Å². The Morgan fingerprint density at radius 2 is 1.83 bits per heavy atom. The first-order valence-electron chi connectivity index (χ1n) is 5.89. The lowest BCUT2D eigenvalue weighted by molar-refractivity contribution is 0.0608. The molecule has 4 heteroatoms. The monoisotopic (exact) mass is 248 g/mol. The highest BCUT2D eigenvalue weighted by Gasteiger charge is 2.22. The molecule has 1 aromatic carbocycles. The number of aliphatic hydroxyl groups is 1. The Balaban J connectivity index is 2.04. The van der Waals surface area contributed by atoms with Gasteiger partial charge in [-0.05, 0) is 30.2 Å². The fourth-order valence-electron chi connectivity index (χ4n) is 2.11.